The van der Waals surface area contributed by atoms with Gasteiger partial charge in [0.1, 0.15) is 6.61 Å². The highest BCUT2D eigenvalue weighted by Gasteiger charge is 2.45. The molecule has 0 aliphatic carbocycles. The second-order valence-corrected chi connectivity index (χ2v) is 8.72. The number of aromatic nitrogens is 2. The van der Waals surface area contributed by atoms with E-state index in [-0.39, 0.29) is 36.3 Å². The quantitative estimate of drug-likeness (QED) is 0.441. The first kappa shape index (κ1) is 18.6. The van der Waals surface area contributed by atoms with Gasteiger partial charge in [-0.05, 0) is 29.5 Å². The number of hydrogen-bond acceptors (Lipinski definition) is 7. The van der Waals surface area contributed by atoms with E-state index in [4.69, 9.17) is 4.74 Å². The van der Waals surface area contributed by atoms with Crippen molar-refractivity contribution in [1.82, 2.24) is 9.55 Å². The SMILES string of the molecule is CC[C@@]1(O)C(=O)OCc2c1cc1n(c2=O)Cc2c-1nc1cc(F)c(O)c3c1c2C=CS3. The summed E-state index contributed by atoms with van der Waals surface area (Å²) >= 11 is 1.21. The fourth-order valence-electron chi connectivity index (χ4n) is 4.67. The van der Waals surface area contributed by atoms with E-state index in [1.165, 1.54) is 22.4 Å². The van der Waals surface area contributed by atoms with Gasteiger partial charge in [-0.2, -0.15) is 0 Å². The lowest BCUT2D eigenvalue weighted by Gasteiger charge is -2.31. The number of phenolic OH excluding ortho intramolecular Hbond substituents is 1. The predicted molar refractivity (Wildman–Crippen MR) is 111 cm³/mol. The normalized spacial score (nSPS) is 20.4. The minimum absolute atomic E-state index is 0.0544. The van der Waals surface area contributed by atoms with Gasteiger partial charge < -0.3 is 19.5 Å². The summed E-state index contributed by atoms with van der Waals surface area (Å²) in [5, 5.41) is 23.5. The lowest BCUT2D eigenvalue weighted by molar-refractivity contribution is -0.172. The smallest absolute Gasteiger partial charge is 0.343 e. The Morgan fingerprint density at radius 2 is 2.13 bits per heavy atom. The average molecular weight is 438 g/mol. The van der Waals surface area contributed by atoms with Gasteiger partial charge in [0.25, 0.3) is 5.56 Å². The Kier molecular flexibility index (Phi) is 3.57. The standard InChI is InChI=1S/C22H15FN2O5S/c1-2-22(29)12-5-15-17-10(7-25(15)20(27)11(12)8-30-21(22)28)9-3-4-31-19-16(9)14(24-17)6-13(23)18(19)26/h3-6,26,29H,2,7-8H2,1H3/t22-/m0/s1. The van der Waals surface area contributed by atoms with E-state index in [1.54, 1.807) is 18.4 Å². The van der Waals surface area contributed by atoms with Crippen LogP contribution in [-0.2, 0) is 28.3 Å². The van der Waals surface area contributed by atoms with Crippen LogP contribution in [0.2, 0.25) is 0 Å². The van der Waals surface area contributed by atoms with Crippen LogP contribution in [0.25, 0.3) is 28.4 Å². The first-order valence-electron chi connectivity index (χ1n) is 9.73. The van der Waals surface area contributed by atoms with Gasteiger partial charge in [-0.25, -0.2) is 14.2 Å². The fourth-order valence-corrected chi connectivity index (χ4v) is 5.55. The molecule has 3 aliphatic rings. The van der Waals surface area contributed by atoms with Crippen molar-refractivity contribution in [2.24, 2.45) is 0 Å². The molecule has 0 saturated heterocycles. The highest BCUT2D eigenvalue weighted by atomic mass is 32.2. The number of nitrogens with zero attached hydrogens (tertiary/aromatic N) is 2. The zero-order valence-corrected chi connectivity index (χ0v) is 17.0. The number of aliphatic hydroxyl groups is 1. The Labute approximate surface area is 178 Å². The number of halogens is 1. The summed E-state index contributed by atoms with van der Waals surface area (Å²) in [5.41, 5.74) is 1.06. The molecule has 3 aliphatic heterocycles. The van der Waals surface area contributed by atoms with Gasteiger partial charge in [0.2, 0.25) is 0 Å². The van der Waals surface area contributed by atoms with Crippen LogP contribution in [0.3, 0.4) is 0 Å². The van der Waals surface area contributed by atoms with Gasteiger partial charge in [0.05, 0.1) is 33.9 Å². The lowest BCUT2D eigenvalue weighted by Crippen LogP contribution is -2.44. The molecule has 156 valence electrons. The zero-order valence-electron chi connectivity index (χ0n) is 16.2. The summed E-state index contributed by atoms with van der Waals surface area (Å²) < 4.78 is 20.9. The summed E-state index contributed by atoms with van der Waals surface area (Å²) in [6, 6.07) is 2.80. The number of cyclic esters (lactones) is 1. The van der Waals surface area contributed by atoms with E-state index in [0.29, 0.717) is 27.2 Å². The molecule has 0 fully saturated rings. The predicted octanol–water partition coefficient (Wildman–Crippen LogP) is 3.00. The summed E-state index contributed by atoms with van der Waals surface area (Å²) in [6.45, 7) is 1.68. The number of fused-ring (bicyclic) bond motifs is 5. The molecular weight excluding hydrogens is 423 g/mol. The third kappa shape index (κ3) is 2.19. The third-order valence-corrected chi connectivity index (χ3v) is 7.23. The number of thioether (sulfide) groups is 1. The van der Waals surface area contributed by atoms with Crippen molar-refractivity contribution in [1.29, 1.82) is 0 Å². The van der Waals surface area contributed by atoms with E-state index in [2.05, 4.69) is 4.98 Å². The number of benzene rings is 1. The van der Waals surface area contributed by atoms with Crippen molar-refractivity contribution >= 4 is 34.7 Å². The van der Waals surface area contributed by atoms with Crippen molar-refractivity contribution in [3.8, 4) is 17.1 Å². The molecule has 3 aromatic rings. The maximum atomic E-state index is 14.3. The number of esters is 1. The number of aromatic hydroxyl groups is 1. The Bertz CT molecular complexity index is 1460. The minimum atomic E-state index is -1.90. The summed E-state index contributed by atoms with van der Waals surface area (Å²) in [6.07, 6.45) is 1.92. The first-order chi connectivity index (χ1) is 14.8. The van der Waals surface area contributed by atoms with Crippen LogP contribution < -0.4 is 5.56 Å². The van der Waals surface area contributed by atoms with Crippen LogP contribution in [0.15, 0.2) is 27.2 Å². The topological polar surface area (TPSA) is 102 Å². The van der Waals surface area contributed by atoms with E-state index >= 15 is 0 Å². The molecule has 1 atom stereocenters. The molecule has 0 bridgehead atoms. The Morgan fingerprint density at radius 3 is 2.90 bits per heavy atom. The first-order valence-corrected chi connectivity index (χ1v) is 10.6. The molecule has 5 heterocycles. The molecule has 6 rings (SSSR count). The maximum Gasteiger partial charge on any atom is 0.343 e. The summed E-state index contributed by atoms with van der Waals surface area (Å²) in [5.74, 6) is -1.97. The van der Waals surface area contributed by atoms with Crippen molar-refractivity contribution in [3.05, 3.63) is 56.0 Å². The molecule has 2 N–H and O–H groups in total. The van der Waals surface area contributed by atoms with Crippen LogP contribution in [0.5, 0.6) is 5.75 Å². The van der Waals surface area contributed by atoms with Crippen LogP contribution in [0.4, 0.5) is 4.39 Å². The minimum Gasteiger partial charge on any atom is -0.504 e. The van der Waals surface area contributed by atoms with Crippen LogP contribution >= 0.6 is 11.8 Å². The van der Waals surface area contributed by atoms with Gasteiger partial charge in [0.15, 0.2) is 17.2 Å². The molecule has 31 heavy (non-hydrogen) atoms. The molecule has 1 aromatic carbocycles. The van der Waals surface area contributed by atoms with Crippen LogP contribution in [0.1, 0.15) is 35.6 Å². The largest absolute Gasteiger partial charge is 0.504 e. The van der Waals surface area contributed by atoms with Crippen molar-refractivity contribution in [3.63, 3.8) is 0 Å². The van der Waals surface area contributed by atoms with E-state index in [1.807, 2.05) is 6.08 Å². The lowest BCUT2D eigenvalue weighted by atomic mass is 9.86. The number of phenols is 1. The van der Waals surface area contributed by atoms with Crippen molar-refractivity contribution in [2.45, 2.75) is 37.0 Å². The van der Waals surface area contributed by atoms with Gasteiger partial charge in [0, 0.05) is 22.6 Å². The number of pyridine rings is 2. The fraction of sp³-hybridized carbons (Fsp3) is 0.227. The Morgan fingerprint density at radius 1 is 1.32 bits per heavy atom. The number of carbonyl (C=O) groups excluding carboxylic acids is 1. The van der Waals surface area contributed by atoms with Crippen LogP contribution in [0, 0.1) is 5.82 Å². The molecule has 0 spiro atoms. The van der Waals surface area contributed by atoms with Crippen molar-refractivity contribution in [2.75, 3.05) is 0 Å². The van der Waals surface area contributed by atoms with E-state index in [0.717, 1.165) is 11.1 Å². The van der Waals surface area contributed by atoms with Gasteiger partial charge in [-0.1, -0.05) is 18.7 Å². The highest BCUT2D eigenvalue weighted by Crippen LogP contribution is 2.47. The van der Waals surface area contributed by atoms with E-state index in [9.17, 15) is 24.2 Å². The average Bonchev–Trinajstić information content (AvgIpc) is 3.14. The molecule has 0 amide bonds. The van der Waals surface area contributed by atoms with Gasteiger partial charge in [-0.15, -0.1) is 0 Å². The molecule has 0 radical (unpaired) electrons. The molecule has 9 heteroatoms. The molecule has 0 unspecified atom stereocenters. The third-order valence-electron chi connectivity index (χ3n) is 6.32. The monoisotopic (exact) mass is 438 g/mol. The number of hydrogen-bond donors (Lipinski definition) is 2. The van der Waals surface area contributed by atoms with Gasteiger partial charge in [-0.3, -0.25) is 4.79 Å². The second kappa shape index (κ2) is 5.95. The molecule has 7 nitrogen and oxygen atoms in total. The highest BCUT2D eigenvalue weighted by molar-refractivity contribution is 8.02. The number of ether oxygens (including phenoxy) is 1. The second-order valence-electron chi connectivity index (χ2n) is 7.81. The Hall–Kier alpha value is -3.17. The van der Waals surface area contributed by atoms with E-state index < -0.39 is 23.1 Å². The number of rotatable bonds is 1. The van der Waals surface area contributed by atoms with Crippen molar-refractivity contribution < 1.29 is 24.1 Å². The van der Waals surface area contributed by atoms with Crippen LogP contribution in [-0.4, -0.2) is 25.7 Å². The summed E-state index contributed by atoms with van der Waals surface area (Å²) in [4.78, 5) is 30.6. The summed E-state index contributed by atoms with van der Waals surface area (Å²) in [7, 11) is 0. The number of carbonyl (C=O) groups is 1. The molecule has 0 saturated carbocycles. The Balaban J connectivity index is 1.70. The van der Waals surface area contributed by atoms with Gasteiger partial charge >= 0.3 is 5.97 Å². The maximum absolute atomic E-state index is 14.3. The zero-order chi connectivity index (χ0) is 21.7. The molecular formula is C22H15FN2O5S. The molecule has 2 aromatic heterocycles.